The van der Waals surface area contributed by atoms with Crippen LogP contribution in [0.3, 0.4) is 0 Å². The third-order valence-electron chi connectivity index (χ3n) is 3.97. The van der Waals surface area contributed by atoms with Gasteiger partial charge in [0.1, 0.15) is 5.92 Å². The second-order valence-corrected chi connectivity index (χ2v) is 6.36. The van der Waals surface area contributed by atoms with Crippen molar-refractivity contribution in [1.82, 2.24) is 4.90 Å². The van der Waals surface area contributed by atoms with E-state index in [0.29, 0.717) is 5.56 Å². The highest BCUT2D eigenvalue weighted by molar-refractivity contribution is 6.07. The number of oxime groups is 1. The molecule has 2 unspecified atom stereocenters. The summed E-state index contributed by atoms with van der Waals surface area (Å²) in [6.07, 6.45) is 0. The predicted molar refractivity (Wildman–Crippen MR) is 84.3 cm³/mol. The van der Waals surface area contributed by atoms with Gasteiger partial charge in [0.2, 0.25) is 5.91 Å². The zero-order chi connectivity index (χ0) is 16.2. The van der Waals surface area contributed by atoms with Crippen LogP contribution in [-0.2, 0) is 4.79 Å². The summed E-state index contributed by atoms with van der Waals surface area (Å²) in [6.45, 7) is 8.21. The Hall–Kier alpha value is -2.04. The number of hydrogen-bond acceptors (Lipinski definition) is 3. The summed E-state index contributed by atoms with van der Waals surface area (Å²) in [6, 6.07) is 9.13. The molecule has 0 radical (unpaired) electrons. The molecular weight excluding hydrogens is 266 g/mol. The van der Waals surface area contributed by atoms with Gasteiger partial charge >= 0.3 is 0 Å². The van der Waals surface area contributed by atoms with E-state index < -0.39 is 5.92 Å². The van der Waals surface area contributed by atoms with Gasteiger partial charge in [0, 0.05) is 13.1 Å². The van der Waals surface area contributed by atoms with E-state index in [1.165, 1.54) is 0 Å². The van der Waals surface area contributed by atoms with E-state index in [0.717, 1.165) is 0 Å². The third kappa shape index (κ3) is 3.97. The summed E-state index contributed by atoms with van der Waals surface area (Å²) in [5, 5.41) is 12.0. The Labute approximate surface area is 126 Å². The predicted octanol–water partition coefficient (Wildman–Crippen LogP) is 2.41. The lowest BCUT2D eigenvalue weighted by Crippen LogP contribution is -2.47. The van der Waals surface area contributed by atoms with Crippen LogP contribution in [-0.4, -0.2) is 34.9 Å². The van der Waals surface area contributed by atoms with Crippen molar-refractivity contribution in [1.29, 1.82) is 0 Å². The normalized spacial score (nSPS) is 15.4. The number of amides is 1. The smallest absolute Gasteiger partial charge is 0.237 e. The van der Waals surface area contributed by atoms with Gasteiger partial charge in [0.15, 0.2) is 5.84 Å². The Balaban J connectivity index is 3.14. The van der Waals surface area contributed by atoms with Crippen LogP contribution in [0.4, 0.5) is 0 Å². The van der Waals surface area contributed by atoms with Crippen molar-refractivity contribution in [3.05, 3.63) is 35.9 Å². The summed E-state index contributed by atoms with van der Waals surface area (Å²) in [4.78, 5) is 14.4. The van der Waals surface area contributed by atoms with Crippen molar-refractivity contribution in [2.75, 3.05) is 7.05 Å². The number of nitrogens with zero attached hydrogens (tertiary/aromatic N) is 2. The summed E-state index contributed by atoms with van der Waals surface area (Å²) in [7, 11) is 1.75. The molecule has 0 aromatic heterocycles. The molecule has 0 aliphatic carbocycles. The minimum absolute atomic E-state index is 0.0164. The molecule has 1 rings (SSSR count). The first kappa shape index (κ1) is 17.0. The summed E-state index contributed by atoms with van der Waals surface area (Å²) in [5.41, 5.74) is 6.40. The monoisotopic (exact) mass is 291 g/mol. The molecule has 0 spiro atoms. The Bertz CT molecular complexity index is 506. The molecule has 0 saturated carbocycles. The Morgan fingerprint density at radius 3 is 2.24 bits per heavy atom. The topological polar surface area (TPSA) is 78.9 Å². The van der Waals surface area contributed by atoms with Crippen LogP contribution < -0.4 is 5.73 Å². The molecule has 3 N–H and O–H groups in total. The zero-order valence-electron chi connectivity index (χ0n) is 13.4. The second kappa shape index (κ2) is 6.61. The standard InChI is InChI=1S/C16H25N3O2/c1-11(16(2,3)4)19(5)15(20)13(14(17)18-21)12-9-7-6-8-10-12/h6-11,13,21H,1-5H3,(H2,17,18). The lowest BCUT2D eigenvalue weighted by Gasteiger charge is -2.37. The van der Waals surface area contributed by atoms with E-state index >= 15 is 0 Å². The van der Waals surface area contributed by atoms with Crippen molar-refractivity contribution in [3.8, 4) is 0 Å². The quantitative estimate of drug-likeness (QED) is 0.387. The van der Waals surface area contributed by atoms with Gasteiger partial charge in [-0.3, -0.25) is 4.79 Å². The zero-order valence-corrected chi connectivity index (χ0v) is 13.4. The number of carbonyl (C=O) groups excluding carboxylic acids is 1. The van der Waals surface area contributed by atoms with E-state index in [1.807, 2.05) is 25.1 Å². The van der Waals surface area contributed by atoms with Crippen molar-refractivity contribution in [3.63, 3.8) is 0 Å². The minimum atomic E-state index is -0.772. The molecule has 1 aromatic rings. The molecule has 0 heterocycles. The molecule has 21 heavy (non-hydrogen) atoms. The Morgan fingerprint density at radius 1 is 1.29 bits per heavy atom. The first-order valence-corrected chi connectivity index (χ1v) is 6.99. The molecule has 0 aliphatic rings. The number of carbonyl (C=O) groups is 1. The molecule has 1 aromatic carbocycles. The number of rotatable bonds is 4. The van der Waals surface area contributed by atoms with E-state index in [-0.39, 0.29) is 23.2 Å². The molecular formula is C16H25N3O2. The van der Waals surface area contributed by atoms with Gasteiger partial charge in [-0.25, -0.2) is 0 Å². The Morgan fingerprint density at radius 2 is 1.81 bits per heavy atom. The van der Waals surface area contributed by atoms with Crippen LogP contribution in [0, 0.1) is 5.41 Å². The number of likely N-dealkylation sites (N-methyl/N-ethyl adjacent to an activating group) is 1. The molecule has 0 fully saturated rings. The van der Waals surface area contributed by atoms with Crippen LogP contribution in [0.25, 0.3) is 0 Å². The Kier molecular flexibility index (Phi) is 5.35. The highest BCUT2D eigenvalue weighted by Crippen LogP contribution is 2.26. The van der Waals surface area contributed by atoms with Gasteiger partial charge in [-0.15, -0.1) is 0 Å². The number of benzene rings is 1. The number of amidine groups is 1. The SMILES string of the molecule is CC(N(C)C(=O)C(C(N)=NO)c1ccccc1)C(C)(C)C. The van der Waals surface area contributed by atoms with E-state index in [2.05, 4.69) is 25.9 Å². The average molecular weight is 291 g/mol. The van der Waals surface area contributed by atoms with E-state index in [4.69, 9.17) is 10.9 Å². The van der Waals surface area contributed by atoms with Gasteiger partial charge < -0.3 is 15.8 Å². The molecule has 0 bridgehead atoms. The molecule has 5 nitrogen and oxygen atoms in total. The largest absolute Gasteiger partial charge is 0.409 e. The highest BCUT2D eigenvalue weighted by atomic mass is 16.4. The fourth-order valence-corrected chi connectivity index (χ4v) is 2.12. The van der Waals surface area contributed by atoms with Crippen LogP contribution in [0.2, 0.25) is 0 Å². The highest BCUT2D eigenvalue weighted by Gasteiger charge is 2.33. The van der Waals surface area contributed by atoms with Crippen LogP contribution in [0.5, 0.6) is 0 Å². The maximum Gasteiger partial charge on any atom is 0.237 e. The molecule has 0 aliphatic heterocycles. The van der Waals surface area contributed by atoms with Crippen molar-refractivity contribution in [2.45, 2.75) is 39.7 Å². The fraction of sp³-hybridized carbons (Fsp3) is 0.500. The van der Waals surface area contributed by atoms with Crippen LogP contribution in [0.15, 0.2) is 35.5 Å². The number of nitrogens with two attached hydrogens (primary N) is 1. The van der Waals surface area contributed by atoms with Crippen molar-refractivity contribution < 1.29 is 10.0 Å². The van der Waals surface area contributed by atoms with Crippen molar-refractivity contribution >= 4 is 11.7 Å². The number of hydrogen-bond donors (Lipinski definition) is 2. The van der Waals surface area contributed by atoms with E-state index in [1.54, 1.807) is 24.1 Å². The van der Waals surface area contributed by atoms with E-state index in [9.17, 15) is 4.79 Å². The summed E-state index contributed by atoms with van der Waals surface area (Å²) >= 11 is 0. The molecule has 0 saturated heterocycles. The maximum atomic E-state index is 12.8. The van der Waals surface area contributed by atoms with Gasteiger partial charge in [-0.1, -0.05) is 56.3 Å². The van der Waals surface area contributed by atoms with Gasteiger partial charge in [-0.2, -0.15) is 0 Å². The molecule has 1 amide bonds. The van der Waals surface area contributed by atoms with Gasteiger partial charge in [-0.05, 0) is 17.9 Å². The van der Waals surface area contributed by atoms with Crippen LogP contribution in [0.1, 0.15) is 39.2 Å². The van der Waals surface area contributed by atoms with Crippen molar-refractivity contribution in [2.24, 2.45) is 16.3 Å². The average Bonchev–Trinajstić information content (AvgIpc) is 2.45. The maximum absolute atomic E-state index is 12.8. The molecule has 116 valence electrons. The summed E-state index contributed by atoms with van der Waals surface area (Å²) < 4.78 is 0. The van der Waals surface area contributed by atoms with Gasteiger partial charge in [0.25, 0.3) is 0 Å². The first-order chi connectivity index (χ1) is 9.70. The fourth-order valence-electron chi connectivity index (χ4n) is 2.12. The minimum Gasteiger partial charge on any atom is -0.409 e. The first-order valence-electron chi connectivity index (χ1n) is 6.99. The lowest BCUT2D eigenvalue weighted by atomic mass is 9.86. The lowest BCUT2D eigenvalue weighted by molar-refractivity contribution is -0.133. The molecule has 5 heteroatoms. The molecule has 2 atom stereocenters. The third-order valence-corrected chi connectivity index (χ3v) is 3.97. The van der Waals surface area contributed by atoms with Crippen LogP contribution >= 0.6 is 0 Å². The second-order valence-electron chi connectivity index (χ2n) is 6.36. The summed E-state index contributed by atoms with van der Waals surface area (Å²) in [5.74, 6) is -1.05. The van der Waals surface area contributed by atoms with Gasteiger partial charge in [0.05, 0.1) is 0 Å².